The molecule has 2 aromatic heterocycles. The van der Waals surface area contributed by atoms with Crippen LogP contribution in [0.25, 0.3) is 11.1 Å². The zero-order valence-corrected chi connectivity index (χ0v) is 19.2. The van der Waals surface area contributed by atoms with Gasteiger partial charge in [0.1, 0.15) is 11.4 Å². The van der Waals surface area contributed by atoms with Crippen LogP contribution in [0.5, 0.6) is 5.75 Å². The Morgan fingerprint density at radius 2 is 1.91 bits per heavy atom. The number of aromatic nitrogens is 3. The first-order chi connectivity index (χ1) is 15.1. The number of nitrogens with one attached hydrogen (secondary N) is 1. The number of hydrogen-bond donors (Lipinski definition) is 1. The van der Waals surface area contributed by atoms with Gasteiger partial charge in [-0.2, -0.15) is 5.10 Å². The maximum absolute atomic E-state index is 12.9. The van der Waals surface area contributed by atoms with Crippen LogP contribution >= 0.6 is 0 Å². The third-order valence-corrected chi connectivity index (χ3v) is 4.88. The van der Waals surface area contributed by atoms with E-state index in [-0.39, 0.29) is 17.8 Å². The highest BCUT2D eigenvalue weighted by Crippen LogP contribution is 2.28. The minimum absolute atomic E-state index is 0.147. The normalized spacial score (nSPS) is 11.2. The van der Waals surface area contributed by atoms with Crippen molar-refractivity contribution < 1.29 is 19.1 Å². The quantitative estimate of drug-likeness (QED) is 0.574. The molecule has 2 heterocycles. The highest BCUT2D eigenvalue weighted by atomic mass is 16.5. The second kappa shape index (κ2) is 9.21. The Morgan fingerprint density at radius 3 is 2.53 bits per heavy atom. The average molecular weight is 437 g/mol. The van der Waals surface area contributed by atoms with Gasteiger partial charge >= 0.3 is 5.97 Å². The third-order valence-electron chi connectivity index (χ3n) is 4.88. The Hall–Kier alpha value is -3.68. The number of benzene rings is 1. The van der Waals surface area contributed by atoms with Crippen molar-refractivity contribution in [1.29, 1.82) is 0 Å². The molecule has 1 aromatic carbocycles. The second-order valence-corrected chi connectivity index (χ2v) is 8.32. The van der Waals surface area contributed by atoms with E-state index in [1.807, 2.05) is 17.8 Å². The number of anilines is 1. The summed E-state index contributed by atoms with van der Waals surface area (Å²) < 4.78 is 12.2. The highest BCUT2D eigenvalue weighted by Gasteiger charge is 2.18. The van der Waals surface area contributed by atoms with Crippen LogP contribution in [-0.2, 0) is 10.3 Å². The van der Waals surface area contributed by atoms with Crippen LogP contribution in [0.15, 0.2) is 42.9 Å². The van der Waals surface area contributed by atoms with E-state index in [0.717, 1.165) is 16.7 Å². The number of esters is 1. The van der Waals surface area contributed by atoms with Gasteiger partial charge in [-0.05, 0) is 70.0 Å². The maximum atomic E-state index is 12.9. The SMILES string of the molecule is CCOC(=O)c1ccc(NC(=O)c2cc(-c3cnn(C(C)(C)C)c3)c(C)cn2)c(OC)c1. The molecular weight excluding hydrogens is 408 g/mol. The fraction of sp³-hybridized carbons (Fsp3) is 0.333. The summed E-state index contributed by atoms with van der Waals surface area (Å²) in [4.78, 5) is 29.2. The average Bonchev–Trinajstić information content (AvgIpc) is 3.25. The summed E-state index contributed by atoms with van der Waals surface area (Å²) in [5.41, 5.74) is 3.60. The number of nitrogens with zero attached hydrogens (tertiary/aromatic N) is 3. The number of rotatable bonds is 6. The van der Waals surface area contributed by atoms with Crippen LogP contribution in [-0.4, -0.2) is 40.4 Å². The molecule has 0 saturated heterocycles. The largest absolute Gasteiger partial charge is 0.495 e. The van der Waals surface area contributed by atoms with Gasteiger partial charge in [-0.25, -0.2) is 4.79 Å². The zero-order chi connectivity index (χ0) is 23.5. The van der Waals surface area contributed by atoms with Crippen molar-refractivity contribution in [2.45, 2.75) is 40.2 Å². The van der Waals surface area contributed by atoms with E-state index in [2.05, 4.69) is 36.2 Å². The second-order valence-electron chi connectivity index (χ2n) is 8.32. The monoisotopic (exact) mass is 436 g/mol. The first-order valence-electron chi connectivity index (χ1n) is 10.3. The number of aryl methyl sites for hydroxylation is 1. The van der Waals surface area contributed by atoms with Crippen molar-refractivity contribution in [2.24, 2.45) is 0 Å². The molecule has 3 rings (SSSR count). The standard InChI is InChI=1S/C24H28N4O4/c1-7-32-23(30)16-8-9-19(21(10-16)31-6)27-22(29)20-11-18(15(2)12-25-20)17-13-26-28(14-17)24(3,4)5/h8-14H,7H2,1-6H3,(H,27,29). The summed E-state index contributed by atoms with van der Waals surface area (Å²) in [5, 5.41) is 7.25. The molecule has 8 heteroatoms. The number of amides is 1. The van der Waals surface area contributed by atoms with Crippen LogP contribution in [0.1, 0.15) is 54.1 Å². The molecule has 0 aliphatic rings. The number of methoxy groups -OCH3 is 1. The summed E-state index contributed by atoms with van der Waals surface area (Å²) in [7, 11) is 1.47. The molecular formula is C24H28N4O4. The van der Waals surface area contributed by atoms with Crippen molar-refractivity contribution in [2.75, 3.05) is 19.0 Å². The van der Waals surface area contributed by atoms with E-state index in [4.69, 9.17) is 9.47 Å². The van der Waals surface area contributed by atoms with Crippen LogP contribution < -0.4 is 10.1 Å². The minimum atomic E-state index is -0.454. The molecule has 1 amide bonds. The lowest BCUT2D eigenvalue weighted by atomic mass is 10.0. The Kier molecular flexibility index (Phi) is 6.62. The van der Waals surface area contributed by atoms with Crippen molar-refractivity contribution >= 4 is 17.6 Å². The van der Waals surface area contributed by atoms with Gasteiger partial charge in [0.15, 0.2) is 0 Å². The van der Waals surface area contributed by atoms with E-state index < -0.39 is 11.9 Å². The van der Waals surface area contributed by atoms with E-state index in [0.29, 0.717) is 17.0 Å². The predicted molar refractivity (Wildman–Crippen MR) is 122 cm³/mol. The Labute approximate surface area is 187 Å². The van der Waals surface area contributed by atoms with Gasteiger partial charge in [0, 0.05) is 18.0 Å². The number of hydrogen-bond acceptors (Lipinski definition) is 6. The van der Waals surface area contributed by atoms with Crippen LogP contribution in [0, 0.1) is 6.92 Å². The smallest absolute Gasteiger partial charge is 0.338 e. The lowest BCUT2D eigenvalue weighted by molar-refractivity contribution is 0.0526. The summed E-state index contributed by atoms with van der Waals surface area (Å²) in [5.74, 6) is -0.497. The third kappa shape index (κ3) is 4.96. The molecule has 0 saturated carbocycles. The Balaban J connectivity index is 1.87. The van der Waals surface area contributed by atoms with Gasteiger partial charge in [0.05, 0.1) is 36.7 Å². The lowest BCUT2D eigenvalue weighted by Crippen LogP contribution is -2.21. The van der Waals surface area contributed by atoms with Crippen LogP contribution in [0.4, 0.5) is 5.69 Å². The molecule has 0 spiro atoms. The van der Waals surface area contributed by atoms with E-state index in [1.54, 1.807) is 37.5 Å². The summed E-state index contributed by atoms with van der Waals surface area (Å²) in [6.07, 6.45) is 5.41. The summed E-state index contributed by atoms with van der Waals surface area (Å²) in [6, 6.07) is 6.45. The van der Waals surface area contributed by atoms with Gasteiger partial charge in [-0.1, -0.05) is 0 Å². The zero-order valence-electron chi connectivity index (χ0n) is 19.2. The Bertz CT molecular complexity index is 1150. The molecule has 32 heavy (non-hydrogen) atoms. The molecule has 0 bridgehead atoms. The molecule has 0 aliphatic heterocycles. The number of ether oxygens (including phenoxy) is 2. The predicted octanol–water partition coefficient (Wildman–Crippen LogP) is 4.45. The van der Waals surface area contributed by atoms with Gasteiger partial charge in [0.2, 0.25) is 0 Å². The highest BCUT2D eigenvalue weighted by molar-refractivity contribution is 6.04. The molecule has 0 unspecified atom stereocenters. The summed E-state index contributed by atoms with van der Waals surface area (Å²) in [6.45, 7) is 10.2. The fourth-order valence-electron chi connectivity index (χ4n) is 3.11. The van der Waals surface area contributed by atoms with Gasteiger partial charge in [-0.15, -0.1) is 0 Å². The first kappa shape index (κ1) is 23.0. The molecule has 8 nitrogen and oxygen atoms in total. The molecule has 3 aromatic rings. The van der Waals surface area contributed by atoms with Crippen molar-refractivity contribution in [3.63, 3.8) is 0 Å². The molecule has 0 atom stereocenters. The van der Waals surface area contributed by atoms with Gasteiger partial charge in [0.25, 0.3) is 5.91 Å². The van der Waals surface area contributed by atoms with E-state index in [1.165, 1.54) is 13.2 Å². The lowest BCUT2D eigenvalue weighted by Gasteiger charge is -2.18. The van der Waals surface area contributed by atoms with Crippen molar-refractivity contribution in [1.82, 2.24) is 14.8 Å². The first-order valence-corrected chi connectivity index (χ1v) is 10.3. The minimum Gasteiger partial charge on any atom is -0.495 e. The molecule has 168 valence electrons. The van der Waals surface area contributed by atoms with Crippen LogP contribution in [0.2, 0.25) is 0 Å². The molecule has 0 fully saturated rings. The van der Waals surface area contributed by atoms with Crippen molar-refractivity contribution in [3.05, 3.63) is 59.7 Å². The number of carbonyl (C=O) groups is 2. The maximum Gasteiger partial charge on any atom is 0.338 e. The van der Waals surface area contributed by atoms with E-state index >= 15 is 0 Å². The topological polar surface area (TPSA) is 95.3 Å². The molecule has 0 radical (unpaired) electrons. The van der Waals surface area contributed by atoms with Gasteiger partial charge in [-0.3, -0.25) is 14.5 Å². The van der Waals surface area contributed by atoms with Crippen LogP contribution in [0.3, 0.4) is 0 Å². The van der Waals surface area contributed by atoms with E-state index in [9.17, 15) is 9.59 Å². The summed E-state index contributed by atoms with van der Waals surface area (Å²) >= 11 is 0. The molecule has 1 N–H and O–H groups in total. The molecule has 0 aliphatic carbocycles. The number of carbonyl (C=O) groups excluding carboxylic acids is 2. The van der Waals surface area contributed by atoms with Crippen molar-refractivity contribution in [3.8, 4) is 16.9 Å². The fourth-order valence-corrected chi connectivity index (χ4v) is 3.11. The number of pyridine rings is 1. The Morgan fingerprint density at radius 1 is 1.16 bits per heavy atom. The van der Waals surface area contributed by atoms with Gasteiger partial charge < -0.3 is 14.8 Å².